The highest BCUT2D eigenvalue weighted by Crippen LogP contribution is 2.45. The summed E-state index contributed by atoms with van der Waals surface area (Å²) in [6, 6.07) is 9.72. The molecule has 0 saturated heterocycles. The highest BCUT2D eigenvalue weighted by atomic mass is 16.7. The van der Waals surface area contributed by atoms with Gasteiger partial charge in [0.25, 0.3) is 11.5 Å². The van der Waals surface area contributed by atoms with Crippen LogP contribution in [0.25, 0.3) is 5.69 Å². The van der Waals surface area contributed by atoms with Gasteiger partial charge in [-0.3, -0.25) is 14.3 Å². The van der Waals surface area contributed by atoms with E-state index in [9.17, 15) is 9.59 Å². The maximum atomic E-state index is 14.1. The maximum absolute atomic E-state index is 14.1. The lowest BCUT2D eigenvalue weighted by molar-refractivity contribution is -0.168. The fraction of sp³-hybridized carbons (Fsp3) is 0.625. The predicted molar refractivity (Wildman–Crippen MR) is 157 cm³/mol. The smallest absolute Gasteiger partial charge is 0.286 e. The number of nitrogens with one attached hydrogen (secondary N) is 1. The number of amides is 1. The van der Waals surface area contributed by atoms with Crippen molar-refractivity contribution in [1.29, 1.82) is 0 Å². The molecule has 2 fully saturated rings. The molecule has 2 bridgehead atoms. The summed E-state index contributed by atoms with van der Waals surface area (Å²) in [5.74, 6) is 0.517. The van der Waals surface area contributed by atoms with Gasteiger partial charge in [-0.1, -0.05) is 24.6 Å². The number of aliphatic hydroxyl groups is 1. The van der Waals surface area contributed by atoms with Gasteiger partial charge in [-0.25, -0.2) is 4.68 Å². The van der Waals surface area contributed by atoms with E-state index in [1.165, 1.54) is 12.8 Å². The summed E-state index contributed by atoms with van der Waals surface area (Å²) in [6.07, 6.45) is 6.27. The summed E-state index contributed by atoms with van der Waals surface area (Å²) in [7, 11) is 1.88. The number of aromatic nitrogens is 2. The number of aliphatic hydroxyl groups excluding tert-OH is 1. The summed E-state index contributed by atoms with van der Waals surface area (Å²) in [4.78, 5) is 27.7. The van der Waals surface area contributed by atoms with Crippen molar-refractivity contribution in [3.05, 3.63) is 63.8 Å². The molecule has 2 saturated carbocycles. The molecule has 10 nitrogen and oxygen atoms in total. The quantitative estimate of drug-likeness (QED) is 0.329. The molecule has 2 aliphatic carbocycles. The van der Waals surface area contributed by atoms with Gasteiger partial charge in [-0.2, -0.15) is 0 Å². The molecule has 1 aromatic carbocycles. The molecule has 230 valence electrons. The van der Waals surface area contributed by atoms with Crippen molar-refractivity contribution in [3.8, 4) is 5.69 Å². The lowest BCUT2D eigenvalue weighted by Gasteiger charge is -2.37. The fourth-order valence-corrected chi connectivity index (χ4v) is 7.01. The van der Waals surface area contributed by atoms with E-state index in [4.69, 9.17) is 24.1 Å². The minimum atomic E-state index is -0.718. The van der Waals surface area contributed by atoms with Crippen molar-refractivity contribution in [2.45, 2.75) is 64.2 Å². The molecule has 1 aliphatic heterocycles. The first kappa shape index (κ1) is 30.5. The zero-order chi connectivity index (χ0) is 29.6. The minimum Gasteiger partial charge on any atom is -0.459 e. The molecule has 10 heteroatoms. The molecule has 5 rings (SSSR count). The predicted octanol–water partition coefficient (Wildman–Crippen LogP) is 3.18. The monoisotopic (exact) mass is 583 g/mol. The van der Waals surface area contributed by atoms with E-state index in [0.717, 1.165) is 24.2 Å². The zero-order valence-corrected chi connectivity index (χ0v) is 25.0. The van der Waals surface area contributed by atoms with E-state index < -0.39 is 12.2 Å². The molecule has 6 atom stereocenters. The first-order valence-corrected chi connectivity index (χ1v) is 15.3. The van der Waals surface area contributed by atoms with Crippen molar-refractivity contribution in [1.82, 2.24) is 14.7 Å². The second-order valence-electron chi connectivity index (χ2n) is 11.6. The summed E-state index contributed by atoms with van der Waals surface area (Å²) >= 11 is 0. The van der Waals surface area contributed by atoms with Gasteiger partial charge in [0.2, 0.25) is 6.29 Å². The molecule has 42 heavy (non-hydrogen) atoms. The van der Waals surface area contributed by atoms with E-state index in [0.29, 0.717) is 50.2 Å². The summed E-state index contributed by atoms with van der Waals surface area (Å²) in [6.45, 7) is 5.64. The Hall–Kier alpha value is -2.92. The van der Waals surface area contributed by atoms with E-state index in [1.54, 1.807) is 4.68 Å². The summed E-state index contributed by atoms with van der Waals surface area (Å²) < 4.78 is 27.0. The van der Waals surface area contributed by atoms with Gasteiger partial charge < -0.3 is 29.4 Å². The Morgan fingerprint density at radius 2 is 1.86 bits per heavy atom. The number of carbonyl (C=O) groups excluding carboxylic acids is 1. The first-order chi connectivity index (χ1) is 20.4. The lowest BCUT2D eigenvalue weighted by atomic mass is 9.81. The van der Waals surface area contributed by atoms with Crippen molar-refractivity contribution < 1.29 is 28.8 Å². The molecule has 2 heterocycles. The number of hydrogen-bond acceptors (Lipinski definition) is 7. The first-order valence-electron chi connectivity index (χ1n) is 15.3. The normalized spacial score (nSPS) is 26.7. The molecular weight excluding hydrogens is 538 g/mol. The van der Waals surface area contributed by atoms with Crippen LogP contribution in [0.4, 0.5) is 0 Å². The summed E-state index contributed by atoms with van der Waals surface area (Å²) in [5, 5.41) is 12.2. The largest absolute Gasteiger partial charge is 0.459 e. The van der Waals surface area contributed by atoms with E-state index >= 15 is 0 Å². The van der Waals surface area contributed by atoms with Crippen LogP contribution in [0, 0.1) is 24.7 Å². The Bertz CT molecular complexity index is 1290. The van der Waals surface area contributed by atoms with E-state index in [2.05, 4.69) is 5.32 Å². The Labute approximate surface area is 247 Å². The van der Waals surface area contributed by atoms with Crippen LogP contribution in [0.1, 0.15) is 56.2 Å². The molecule has 0 radical (unpaired) electrons. The summed E-state index contributed by atoms with van der Waals surface area (Å²) in [5.41, 5.74) is 2.08. The van der Waals surface area contributed by atoms with Crippen LogP contribution in [0.2, 0.25) is 0 Å². The van der Waals surface area contributed by atoms with Gasteiger partial charge in [0.15, 0.2) is 5.76 Å². The maximum Gasteiger partial charge on any atom is 0.286 e. The molecule has 2 aromatic rings. The van der Waals surface area contributed by atoms with Crippen LogP contribution in [0.15, 0.2) is 47.0 Å². The number of para-hydroxylation sites is 1. The third-order valence-corrected chi connectivity index (χ3v) is 9.13. The average molecular weight is 584 g/mol. The number of ether oxygens (including phenoxy) is 4. The molecule has 3 aliphatic rings. The van der Waals surface area contributed by atoms with Gasteiger partial charge in [0, 0.05) is 49.4 Å². The fourth-order valence-electron chi connectivity index (χ4n) is 7.01. The third kappa shape index (κ3) is 6.51. The second kappa shape index (κ2) is 14.0. The number of nitrogens with zero attached hydrogens (tertiary/aromatic N) is 2. The molecular formula is C32H45N3O7. The lowest BCUT2D eigenvalue weighted by Crippen LogP contribution is -2.44. The molecule has 1 amide bonds. The van der Waals surface area contributed by atoms with Gasteiger partial charge in [-0.05, 0) is 69.6 Å². The minimum absolute atomic E-state index is 0.0295. The zero-order valence-electron chi connectivity index (χ0n) is 25.0. The number of allylic oxidation sites excluding steroid dienone is 1. The van der Waals surface area contributed by atoms with E-state index in [1.807, 2.05) is 62.0 Å². The van der Waals surface area contributed by atoms with Crippen LogP contribution in [0.5, 0.6) is 0 Å². The second-order valence-corrected chi connectivity index (χ2v) is 11.6. The van der Waals surface area contributed by atoms with Crippen LogP contribution in [0.3, 0.4) is 0 Å². The highest BCUT2D eigenvalue weighted by molar-refractivity contribution is 5.92. The van der Waals surface area contributed by atoms with Gasteiger partial charge in [0.05, 0.1) is 32.1 Å². The molecule has 1 aromatic heterocycles. The Balaban J connectivity index is 1.45. The molecule has 3 unspecified atom stereocenters. The van der Waals surface area contributed by atoms with Crippen molar-refractivity contribution in [3.63, 3.8) is 0 Å². The number of benzene rings is 1. The van der Waals surface area contributed by atoms with E-state index in [-0.39, 0.29) is 42.4 Å². The Morgan fingerprint density at radius 1 is 1.10 bits per heavy atom. The van der Waals surface area contributed by atoms with Crippen LogP contribution >= 0.6 is 0 Å². The molecule has 0 spiro atoms. The van der Waals surface area contributed by atoms with Gasteiger partial charge in [-0.15, -0.1) is 0 Å². The van der Waals surface area contributed by atoms with Crippen LogP contribution in [-0.2, 0) is 30.8 Å². The van der Waals surface area contributed by atoms with Crippen molar-refractivity contribution in [2.24, 2.45) is 24.8 Å². The number of hydrogen-bond donors (Lipinski definition) is 2. The SMILES string of the molecule is CCO[C@H]1OC(C(=O)NC2CC3CCC2C3)=C[C@@H](c2c(C)n(C)n(-c3ccccc3)c2=O)[C@@H]1CCOCCOCCO. The van der Waals surface area contributed by atoms with Crippen molar-refractivity contribution >= 4 is 5.91 Å². The highest BCUT2D eigenvalue weighted by Gasteiger charge is 2.43. The third-order valence-electron chi connectivity index (χ3n) is 9.13. The van der Waals surface area contributed by atoms with Crippen molar-refractivity contribution in [2.75, 3.05) is 39.6 Å². The topological polar surface area (TPSA) is 113 Å². The number of rotatable bonds is 14. The number of carbonyl (C=O) groups is 1. The van der Waals surface area contributed by atoms with Crippen LogP contribution in [-0.4, -0.2) is 72.4 Å². The number of fused-ring (bicyclic) bond motifs is 2. The van der Waals surface area contributed by atoms with Crippen LogP contribution < -0.4 is 10.9 Å². The Morgan fingerprint density at radius 3 is 2.52 bits per heavy atom. The van der Waals surface area contributed by atoms with Gasteiger partial charge in [0.1, 0.15) is 0 Å². The standard InChI is InChI=1S/C32H45N3O7/c1-4-41-32-25(12-14-39-16-17-40-15-13-36)26(20-28(42-32)30(37)33-27-19-22-10-11-23(27)18-22)29-21(2)34(3)35(31(29)38)24-8-6-5-7-9-24/h5-9,20,22-23,25-27,32,36H,4,10-19H2,1-3H3,(H,33,37)/t22?,23?,25-,26+,27?,32-/m0/s1. The average Bonchev–Trinajstić information content (AvgIpc) is 3.67. The molecule has 2 N–H and O–H groups in total. The van der Waals surface area contributed by atoms with Gasteiger partial charge >= 0.3 is 0 Å². The Kier molecular flexibility index (Phi) is 10.2.